The zero-order valence-electron chi connectivity index (χ0n) is 11.3. The molecule has 0 aliphatic heterocycles. The van der Waals surface area contributed by atoms with Gasteiger partial charge in [-0.2, -0.15) is 0 Å². The highest BCUT2D eigenvalue weighted by atomic mass is 16.5. The molecule has 1 aromatic rings. The molecule has 1 aromatic carbocycles. The van der Waals surface area contributed by atoms with Gasteiger partial charge in [-0.1, -0.05) is 26.0 Å². The van der Waals surface area contributed by atoms with Crippen LogP contribution in [0, 0.1) is 0 Å². The lowest BCUT2D eigenvalue weighted by Crippen LogP contribution is -2.26. The molecule has 0 N–H and O–H groups in total. The summed E-state index contributed by atoms with van der Waals surface area (Å²) in [7, 11) is 3.25. The van der Waals surface area contributed by atoms with E-state index in [1.165, 1.54) is 4.90 Å². The second-order valence-corrected chi connectivity index (χ2v) is 4.54. The van der Waals surface area contributed by atoms with Crippen LogP contribution in [0.3, 0.4) is 0 Å². The molecule has 0 saturated heterocycles. The Kier molecular flexibility index (Phi) is 4.89. The highest BCUT2D eigenvalue weighted by molar-refractivity contribution is 6.23. The van der Waals surface area contributed by atoms with Crippen molar-refractivity contribution in [3.05, 3.63) is 29.3 Å². The Hall–Kier alpha value is -1.84. The molecule has 1 amide bonds. The molecule has 98 valence electrons. The van der Waals surface area contributed by atoms with Crippen molar-refractivity contribution in [3.8, 4) is 5.75 Å². The minimum Gasteiger partial charge on any atom is -0.496 e. The summed E-state index contributed by atoms with van der Waals surface area (Å²) in [6.07, 6.45) is 0.326. The zero-order chi connectivity index (χ0) is 13.7. The summed E-state index contributed by atoms with van der Waals surface area (Å²) in [6, 6.07) is 5.81. The van der Waals surface area contributed by atoms with Gasteiger partial charge in [-0.3, -0.25) is 9.59 Å². The van der Waals surface area contributed by atoms with E-state index in [2.05, 4.69) is 13.8 Å². The summed E-state index contributed by atoms with van der Waals surface area (Å²) in [6.45, 7) is 4.59. The normalized spacial score (nSPS) is 10.3. The fraction of sp³-hybridized carbons (Fsp3) is 0.429. The number of hydrogen-bond acceptors (Lipinski definition) is 3. The second-order valence-electron chi connectivity index (χ2n) is 4.54. The number of rotatable bonds is 5. The van der Waals surface area contributed by atoms with Gasteiger partial charge < -0.3 is 9.64 Å². The predicted molar refractivity (Wildman–Crippen MR) is 69.6 cm³/mol. The number of benzene rings is 1. The Morgan fingerprint density at radius 2 is 2.11 bits per heavy atom. The number of hydrogen-bond donors (Lipinski definition) is 0. The average Bonchev–Trinajstić information content (AvgIpc) is 2.37. The van der Waals surface area contributed by atoms with Gasteiger partial charge in [0.05, 0.1) is 7.11 Å². The van der Waals surface area contributed by atoms with Crippen molar-refractivity contribution in [1.82, 2.24) is 4.90 Å². The molecule has 4 heteroatoms. The van der Waals surface area contributed by atoms with E-state index in [1.807, 2.05) is 18.2 Å². The molecule has 4 nitrogen and oxygen atoms in total. The van der Waals surface area contributed by atoms with Crippen LogP contribution in [0.25, 0.3) is 0 Å². The van der Waals surface area contributed by atoms with Crippen molar-refractivity contribution in [1.29, 1.82) is 0 Å². The maximum Gasteiger partial charge on any atom is 0.286 e. The first kappa shape index (κ1) is 14.2. The molecule has 0 fully saturated rings. The van der Waals surface area contributed by atoms with Crippen LogP contribution in [-0.4, -0.2) is 31.3 Å². The fourth-order valence-corrected chi connectivity index (χ4v) is 1.78. The summed E-state index contributed by atoms with van der Waals surface area (Å²) in [4.78, 5) is 23.0. The number of amides is 1. The predicted octanol–water partition coefficient (Wildman–Crippen LogP) is 1.98. The summed E-state index contributed by atoms with van der Waals surface area (Å²) in [5, 5.41) is 0. The van der Waals surface area contributed by atoms with Gasteiger partial charge in [0.2, 0.25) is 6.29 Å². The lowest BCUT2D eigenvalue weighted by molar-refractivity contribution is -0.138. The lowest BCUT2D eigenvalue weighted by atomic mass is 9.99. The molecule has 0 aliphatic rings. The molecule has 0 bridgehead atoms. The molecule has 0 aliphatic carbocycles. The largest absolute Gasteiger partial charge is 0.496 e. The molecule has 0 atom stereocenters. The summed E-state index contributed by atoms with van der Waals surface area (Å²) >= 11 is 0. The van der Waals surface area contributed by atoms with Gasteiger partial charge in [-0.05, 0) is 23.1 Å². The van der Waals surface area contributed by atoms with E-state index in [1.54, 1.807) is 14.2 Å². The van der Waals surface area contributed by atoms with E-state index in [4.69, 9.17) is 4.74 Å². The molecule has 18 heavy (non-hydrogen) atoms. The molecule has 0 unspecified atom stereocenters. The summed E-state index contributed by atoms with van der Waals surface area (Å²) in [5.74, 6) is 0.669. The highest BCUT2D eigenvalue weighted by Gasteiger charge is 2.11. The van der Waals surface area contributed by atoms with Gasteiger partial charge in [-0.25, -0.2) is 0 Å². The molecule has 0 heterocycles. The Labute approximate surface area is 108 Å². The van der Waals surface area contributed by atoms with Crippen LogP contribution in [0.5, 0.6) is 5.75 Å². The van der Waals surface area contributed by atoms with E-state index in [9.17, 15) is 9.59 Å². The molecule has 0 saturated carbocycles. The Balaban J connectivity index is 2.94. The van der Waals surface area contributed by atoms with E-state index >= 15 is 0 Å². The first-order valence-electron chi connectivity index (χ1n) is 5.86. The summed E-state index contributed by atoms with van der Waals surface area (Å²) in [5.41, 5.74) is 2.08. The van der Waals surface area contributed by atoms with E-state index in [0.29, 0.717) is 18.7 Å². The maximum absolute atomic E-state index is 11.2. The standard InChI is InChI=1S/C14H19NO3/c1-10(2)12-7-11(5-6-13(12)18-4)8-15(3)14(17)9-16/h5-7,9-10H,8H2,1-4H3. The van der Waals surface area contributed by atoms with E-state index in [-0.39, 0.29) is 0 Å². The Morgan fingerprint density at radius 3 is 2.61 bits per heavy atom. The number of aldehydes is 1. The number of ether oxygens (including phenoxy) is 1. The van der Waals surface area contributed by atoms with Gasteiger partial charge in [0, 0.05) is 13.6 Å². The van der Waals surface area contributed by atoms with Crippen molar-refractivity contribution >= 4 is 12.2 Å². The van der Waals surface area contributed by atoms with Gasteiger partial charge >= 0.3 is 0 Å². The summed E-state index contributed by atoms with van der Waals surface area (Å²) < 4.78 is 5.30. The van der Waals surface area contributed by atoms with Crippen LogP contribution in [-0.2, 0) is 16.1 Å². The fourth-order valence-electron chi connectivity index (χ4n) is 1.78. The topological polar surface area (TPSA) is 46.6 Å². The third kappa shape index (κ3) is 3.32. The second kappa shape index (κ2) is 6.19. The SMILES string of the molecule is COc1ccc(CN(C)C(=O)C=O)cc1C(C)C. The van der Waals surface area contributed by atoms with Gasteiger partial charge in [-0.15, -0.1) is 0 Å². The monoisotopic (exact) mass is 249 g/mol. The number of likely N-dealkylation sites (N-methyl/N-ethyl adjacent to an activating group) is 1. The first-order valence-corrected chi connectivity index (χ1v) is 5.86. The van der Waals surface area contributed by atoms with Crippen molar-refractivity contribution in [2.45, 2.75) is 26.3 Å². The minimum absolute atomic E-state index is 0.326. The van der Waals surface area contributed by atoms with Gasteiger partial charge in [0.15, 0.2) is 0 Å². The van der Waals surface area contributed by atoms with Crippen LogP contribution < -0.4 is 4.74 Å². The van der Waals surface area contributed by atoms with Crippen molar-refractivity contribution < 1.29 is 14.3 Å². The Bertz CT molecular complexity index is 441. The zero-order valence-corrected chi connectivity index (χ0v) is 11.3. The molecule has 0 spiro atoms. The number of carbonyl (C=O) groups excluding carboxylic acids is 2. The van der Waals surface area contributed by atoms with Crippen LogP contribution >= 0.6 is 0 Å². The minimum atomic E-state index is -0.517. The Morgan fingerprint density at radius 1 is 1.44 bits per heavy atom. The van der Waals surface area contributed by atoms with Crippen LogP contribution in [0.1, 0.15) is 30.9 Å². The highest BCUT2D eigenvalue weighted by Crippen LogP contribution is 2.27. The van der Waals surface area contributed by atoms with E-state index in [0.717, 1.165) is 16.9 Å². The molecular formula is C14H19NO3. The number of nitrogens with zero attached hydrogens (tertiary/aromatic N) is 1. The number of carbonyl (C=O) groups is 2. The molecule has 1 rings (SSSR count). The molecular weight excluding hydrogens is 230 g/mol. The van der Waals surface area contributed by atoms with Crippen molar-refractivity contribution in [3.63, 3.8) is 0 Å². The van der Waals surface area contributed by atoms with Crippen LogP contribution in [0.2, 0.25) is 0 Å². The third-order valence-corrected chi connectivity index (χ3v) is 2.81. The first-order chi connectivity index (χ1) is 8.49. The molecule has 0 radical (unpaired) electrons. The van der Waals surface area contributed by atoms with Crippen LogP contribution in [0.4, 0.5) is 0 Å². The van der Waals surface area contributed by atoms with Crippen molar-refractivity contribution in [2.24, 2.45) is 0 Å². The quantitative estimate of drug-likeness (QED) is 0.592. The molecule has 0 aromatic heterocycles. The third-order valence-electron chi connectivity index (χ3n) is 2.81. The van der Waals surface area contributed by atoms with Crippen LogP contribution in [0.15, 0.2) is 18.2 Å². The smallest absolute Gasteiger partial charge is 0.286 e. The van der Waals surface area contributed by atoms with E-state index < -0.39 is 5.91 Å². The van der Waals surface area contributed by atoms with Gasteiger partial charge in [0.1, 0.15) is 5.75 Å². The average molecular weight is 249 g/mol. The maximum atomic E-state index is 11.2. The number of methoxy groups -OCH3 is 1. The van der Waals surface area contributed by atoms with Crippen molar-refractivity contribution in [2.75, 3.05) is 14.2 Å². The van der Waals surface area contributed by atoms with Gasteiger partial charge in [0.25, 0.3) is 5.91 Å². The lowest BCUT2D eigenvalue weighted by Gasteiger charge is -2.17.